The van der Waals surface area contributed by atoms with E-state index in [0.29, 0.717) is 12.5 Å². The average Bonchev–Trinajstić information content (AvgIpc) is 2.45. The van der Waals surface area contributed by atoms with Crippen molar-refractivity contribution < 1.29 is 9.47 Å². The van der Waals surface area contributed by atoms with Gasteiger partial charge in [0, 0.05) is 19.7 Å². The van der Waals surface area contributed by atoms with Gasteiger partial charge in [0.25, 0.3) is 0 Å². The van der Waals surface area contributed by atoms with E-state index in [-0.39, 0.29) is 0 Å². The summed E-state index contributed by atoms with van der Waals surface area (Å²) in [6.07, 6.45) is 2.34. The first-order valence-corrected chi connectivity index (χ1v) is 8.17. The van der Waals surface area contributed by atoms with Crippen LogP contribution in [0.25, 0.3) is 0 Å². The van der Waals surface area contributed by atoms with Gasteiger partial charge in [0.1, 0.15) is 12.4 Å². The summed E-state index contributed by atoms with van der Waals surface area (Å²) in [5.41, 5.74) is 2.52. The van der Waals surface area contributed by atoms with E-state index >= 15 is 0 Å². The van der Waals surface area contributed by atoms with Crippen LogP contribution in [0.2, 0.25) is 0 Å². The molecule has 0 bridgehead atoms. The predicted octanol–water partition coefficient (Wildman–Crippen LogP) is 3.90. The van der Waals surface area contributed by atoms with E-state index in [1.807, 2.05) is 0 Å². The maximum absolute atomic E-state index is 5.92. The molecule has 1 aromatic carbocycles. The van der Waals surface area contributed by atoms with Gasteiger partial charge in [0.2, 0.25) is 0 Å². The van der Waals surface area contributed by atoms with E-state index in [1.165, 1.54) is 17.5 Å². The Morgan fingerprint density at radius 2 is 1.86 bits per heavy atom. The first-order valence-electron chi connectivity index (χ1n) is 8.17. The van der Waals surface area contributed by atoms with E-state index in [0.717, 1.165) is 38.5 Å². The highest BCUT2D eigenvalue weighted by atomic mass is 16.5. The van der Waals surface area contributed by atoms with E-state index in [2.05, 4.69) is 51.2 Å². The molecule has 0 atom stereocenters. The number of ether oxygens (including phenoxy) is 2. The second kappa shape index (κ2) is 10.6. The zero-order valence-corrected chi connectivity index (χ0v) is 14.1. The summed E-state index contributed by atoms with van der Waals surface area (Å²) >= 11 is 0. The van der Waals surface area contributed by atoms with Crippen molar-refractivity contribution in [3.05, 3.63) is 29.3 Å². The summed E-state index contributed by atoms with van der Waals surface area (Å²) in [4.78, 5) is 0. The minimum Gasteiger partial charge on any atom is -0.492 e. The number of nitrogens with one attached hydrogen (secondary N) is 1. The third kappa shape index (κ3) is 7.49. The van der Waals surface area contributed by atoms with Crippen molar-refractivity contribution >= 4 is 0 Å². The van der Waals surface area contributed by atoms with Crippen LogP contribution in [-0.4, -0.2) is 32.9 Å². The minimum absolute atomic E-state index is 0.487. The van der Waals surface area contributed by atoms with Crippen molar-refractivity contribution in [1.29, 1.82) is 0 Å². The quantitative estimate of drug-likeness (QED) is 0.628. The Morgan fingerprint density at radius 1 is 1.10 bits per heavy atom. The lowest BCUT2D eigenvalue weighted by molar-refractivity contribution is 0.132. The van der Waals surface area contributed by atoms with Crippen LogP contribution in [0.5, 0.6) is 5.75 Å². The Bertz CT molecular complexity index is 391. The summed E-state index contributed by atoms with van der Waals surface area (Å²) in [6, 6.07) is 6.45. The fraction of sp³-hybridized carbons (Fsp3) is 0.667. The molecule has 0 amide bonds. The van der Waals surface area contributed by atoms with Crippen molar-refractivity contribution in [2.24, 2.45) is 0 Å². The molecular formula is C18H31NO2. The highest BCUT2D eigenvalue weighted by Crippen LogP contribution is 2.27. The molecule has 0 unspecified atom stereocenters. The third-order valence-corrected chi connectivity index (χ3v) is 3.39. The van der Waals surface area contributed by atoms with Gasteiger partial charge in [0.15, 0.2) is 0 Å². The van der Waals surface area contributed by atoms with Crippen LogP contribution < -0.4 is 10.1 Å². The number of rotatable bonds is 11. The number of hydrogen-bond donors (Lipinski definition) is 1. The SMILES string of the molecule is CCCCOCCNCCOc1cc(C)ccc1C(C)C. The molecule has 0 radical (unpaired) electrons. The zero-order valence-electron chi connectivity index (χ0n) is 14.1. The Kier molecular flexibility index (Phi) is 9.11. The lowest BCUT2D eigenvalue weighted by Crippen LogP contribution is -2.25. The highest BCUT2D eigenvalue weighted by molar-refractivity contribution is 5.39. The summed E-state index contributed by atoms with van der Waals surface area (Å²) in [7, 11) is 0. The van der Waals surface area contributed by atoms with Gasteiger partial charge in [-0.25, -0.2) is 0 Å². The lowest BCUT2D eigenvalue weighted by Gasteiger charge is -2.15. The Labute approximate surface area is 130 Å². The van der Waals surface area contributed by atoms with Crippen LogP contribution in [0.15, 0.2) is 18.2 Å². The Morgan fingerprint density at radius 3 is 2.57 bits per heavy atom. The second-order valence-corrected chi connectivity index (χ2v) is 5.76. The number of unbranched alkanes of at least 4 members (excludes halogenated alkanes) is 1. The maximum Gasteiger partial charge on any atom is 0.123 e. The van der Waals surface area contributed by atoms with Crippen molar-refractivity contribution in [3.63, 3.8) is 0 Å². The van der Waals surface area contributed by atoms with Gasteiger partial charge in [-0.05, 0) is 36.5 Å². The zero-order chi connectivity index (χ0) is 15.5. The van der Waals surface area contributed by atoms with Gasteiger partial charge in [0.05, 0.1) is 6.61 Å². The summed E-state index contributed by atoms with van der Waals surface area (Å²) in [5, 5.41) is 3.35. The molecule has 0 saturated carbocycles. The van der Waals surface area contributed by atoms with Gasteiger partial charge in [-0.2, -0.15) is 0 Å². The molecule has 1 aromatic rings. The number of benzene rings is 1. The van der Waals surface area contributed by atoms with Crippen LogP contribution in [-0.2, 0) is 4.74 Å². The van der Waals surface area contributed by atoms with Crippen molar-refractivity contribution in [3.8, 4) is 5.75 Å². The van der Waals surface area contributed by atoms with E-state index in [9.17, 15) is 0 Å². The van der Waals surface area contributed by atoms with E-state index in [1.54, 1.807) is 0 Å². The molecule has 1 rings (SSSR count). The standard InChI is InChI=1S/C18H31NO2/c1-5-6-11-20-12-9-19-10-13-21-18-14-16(4)7-8-17(18)15(2)3/h7-8,14-15,19H,5-6,9-13H2,1-4H3. The fourth-order valence-corrected chi connectivity index (χ4v) is 2.09. The molecule has 0 aromatic heterocycles. The average molecular weight is 293 g/mol. The van der Waals surface area contributed by atoms with E-state index < -0.39 is 0 Å². The van der Waals surface area contributed by atoms with Crippen LogP contribution in [0.3, 0.4) is 0 Å². The van der Waals surface area contributed by atoms with Gasteiger partial charge in [-0.3, -0.25) is 0 Å². The molecule has 21 heavy (non-hydrogen) atoms. The number of hydrogen-bond acceptors (Lipinski definition) is 3. The van der Waals surface area contributed by atoms with Gasteiger partial charge >= 0.3 is 0 Å². The fourth-order valence-electron chi connectivity index (χ4n) is 2.09. The monoisotopic (exact) mass is 293 g/mol. The molecule has 0 saturated heterocycles. The largest absolute Gasteiger partial charge is 0.492 e. The second-order valence-electron chi connectivity index (χ2n) is 5.76. The molecular weight excluding hydrogens is 262 g/mol. The van der Waals surface area contributed by atoms with Gasteiger partial charge in [-0.1, -0.05) is 39.3 Å². The van der Waals surface area contributed by atoms with Crippen molar-refractivity contribution in [2.75, 3.05) is 32.9 Å². The molecule has 0 spiro atoms. The highest BCUT2D eigenvalue weighted by Gasteiger charge is 2.07. The molecule has 0 heterocycles. The van der Waals surface area contributed by atoms with Crippen LogP contribution in [0.4, 0.5) is 0 Å². The van der Waals surface area contributed by atoms with E-state index in [4.69, 9.17) is 9.47 Å². The molecule has 120 valence electrons. The smallest absolute Gasteiger partial charge is 0.123 e. The summed E-state index contributed by atoms with van der Waals surface area (Å²) in [6.45, 7) is 12.8. The molecule has 3 heteroatoms. The molecule has 0 aliphatic rings. The van der Waals surface area contributed by atoms with Crippen LogP contribution in [0, 0.1) is 6.92 Å². The normalized spacial score (nSPS) is 11.1. The Hall–Kier alpha value is -1.06. The topological polar surface area (TPSA) is 30.5 Å². The summed E-state index contributed by atoms with van der Waals surface area (Å²) in [5.74, 6) is 1.51. The third-order valence-electron chi connectivity index (χ3n) is 3.39. The molecule has 3 nitrogen and oxygen atoms in total. The summed E-state index contributed by atoms with van der Waals surface area (Å²) < 4.78 is 11.4. The van der Waals surface area contributed by atoms with Crippen LogP contribution >= 0.6 is 0 Å². The predicted molar refractivity (Wildman–Crippen MR) is 89.4 cm³/mol. The maximum atomic E-state index is 5.92. The van der Waals surface area contributed by atoms with Gasteiger partial charge in [-0.15, -0.1) is 0 Å². The molecule has 0 aliphatic heterocycles. The minimum atomic E-state index is 0.487. The first kappa shape index (κ1) is 18.0. The first-order chi connectivity index (χ1) is 10.1. The van der Waals surface area contributed by atoms with Gasteiger partial charge < -0.3 is 14.8 Å². The molecule has 1 N–H and O–H groups in total. The number of aryl methyl sites for hydroxylation is 1. The molecule has 0 aliphatic carbocycles. The lowest BCUT2D eigenvalue weighted by atomic mass is 10.0. The van der Waals surface area contributed by atoms with Crippen molar-refractivity contribution in [1.82, 2.24) is 5.32 Å². The van der Waals surface area contributed by atoms with Crippen LogP contribution in [0.1, 0.15) is 50.7 Å². The molecule has 0 fully saturated rings. The van der Waals surface area contributed by atoms with Crippen molar-refractivity contribution in [2.45, 2.75) is 46.5 Å². The Balaban J connectivity index is 2.19.